The van der Waals surface area contributed by atoms with Gasteiger partial charge in [-0.1, -0.05) is 29.8 Å². The smallest absolute Gasteiger partial charge is 0.227 e. The number of aryl methyl sites for hydroxylation is 1. The summed E-state index contributed by atoms with van der Waals surface area (Å²) in [5, 5.41) is 9.98. The summed E-state index contributed by atoms with van der Waals surface area (Å²) in [5.74, 6) is 0.0521. The van der Waals surface area contributed by atoms with Crippen LogP contribution in [-0.2, 0) is 22.4 Å². The van der Waals surface area contributed by atoms with E-state index >= 15 is 0 Å². The molecule has 0 radical (unpaired) electrons. The van der Waals surface area contributed by atoms with Gasteiger partial charge in [-0.2, -0.15) is 0 Å². The predicted molar refractivity (Wildman–Crippen MR) is 95.2 cm³/mol. The van der Waals surface area contributed by atoms with Crippen molar-refractivity contribution in [3.63, 3.8) is 0 Å². The maximum Gasteiger partial charge on any atom is 0.227 e. The lowest BCUT2D eigenvalue weighted by Gasteiger charge is -2.42. The van der Waals surface area contributed by atoms with Gasteiger partial charge in [-0.3, -0.25) is 9.78 Å². The zero-order chi connectivity index (χ0) is 17.7. The van der Waals surface area contributed by atoms with E-state index in [2.05, 4.69) is 17.1 Å². The number of aliphatic hydroxyl groups excluding tert-OH is 1. The van der Waals surface area contributed by atoms with Crippen molar-refractivity contribution in [2.24, 2.45) is 0 Å². The van der Waals surface area contributed by atoms with Crippen LogP contribution in [0.4, 0.5) is 0 Å². The lowest BCUT2D eigenvalue weighted by atomic mass is 9.92. The number of rotatable bonds is 5. The van der Waals surface area contributed by atoms with E-state index in [9.17, 15) is 9.90 Å². The van der Waals surface area contributed by atoms with Gasteiger partial charge in [0, 0.05) is 25.4 Å². The summed E-state index contributed by atoms with van der Waals surface area (Å²) in [4.78, 5) is 18.4. The highest BCUT2D eigenvalue weighted by atomic mass is 16.5. The first kappa shape index (κ1) is 17.6. The molecule has 0 unspecified atom stereocenters. The minimum Gasteiger partial charge on any atom is -0.393 e. The molecule has 3 rings (SSSR count). The Balaban J connectivity index is 1.69. The average molecular weight is 340 g/mol. The third kappa shape index (κ3) is 4.44. The number of nitrogens with zero attached hydrogens (tertiary/aromatic N) is 2. The molecule has 1 aliphatic heterocycles. The molecule has 0 bridgehead atoms. The van der Waals surface area contributed by atoms with E-state index < -0.39 is 5.60 Å². The molecular formula is C20H24N2O3. The molecule has 1 amide bonds. The van der Waals surface area contributed by atoms with Gasteiger partial charge < -0.3 is 14.7 Å². The van der Waals surface area contributed by atoms with Crippen molar-refractivity contribution in [3.05, 3.63) is 65.5 Å². The highest BCUT2D eigenvalue weighted by Gasteiger charge is 2.38. The van der Waals surface area contributed by atoms with Crippen LogP contribution in [0.1, 0.15) is 16.7 Å². The van der Waals surface area contributed by atoms with Crippen LogP contribution in [0.5, 0.6) is 0 Å². The fourth-order valence-corrected chi connectivity index (χ4v) is 3.18. The Kier molecular flexibility index (Phi) is 5.46. The summed E-state index contributed by atoms with van der Waals surface area (Å²) in [5.41, 5.74) is 2.50. The fourth-order valence-electron chi connectivity index (χ4n) is 3.18. The molecule has 1 fully saturated rings. The van der Waals surface area contributed by atoms with Crippen LogP contribution >= 0.6 is 0 Å². The summed E-state index contributed by atoms with van der Waals surface area (Å²) in [6.07, 6.45) is 4.31. The molecular weight excluding hydrogens is 316 g/mol. The highest BCUT2D eigenvalue weighted by Crippen LogP contribution is 2.24. The van der Waals surface area contributed by atoms with Crippen LogP contribution in [-0.4, -0.2) is 52.8 Å². The number of pyridine rings is 1. The number of aromatic nitrogens is 1. The second kappa shape index (κ2) is 7.76. The van der Waals surface area contributed by atoms with Crippen LogP contribution in [0.3, 0.4) is 0 Å². The number of amides is 1. The van der Waals surface area contributed by atoms with Crippen LogP contribution in [0.15, 0.2) is 48.8 Å². The normalized spacial score (nSPS) is 20.5. The zero-order valence-electron chi connectivity index (χ0n) is 14.5. The Bertz CT molecular complexity index is 703. The molecule has 1 atom stereocenters. The van der Waals surface area contributed by atoms with Gasteiger partial charge in [0.25, 0.3) is 0 Å². The molecule has 2 aromatic rings. The first-order valence-electron chi connectivity index (χ1n) is 8.57. The monoisotopic (exact) mass is 340 g/mol. The van der Waals surface area contributed by atoms with Crippen molar-refractivity contribution in [2.75, 3.05) is 26.3 Å². The van der Waals surface area contributed by atoms with E-state index in [0.717, 1.165) is 11.1 Å². The van der Waals surface area contributed by atoms with E-state index in [1.807, 2.05) is 31.2 Å². The van der Waals surface area contributed by atoms with Crippen molar-refractivity contribution in [2.45, 2.75) is 25.4 Å². The lowest BCUT2D eigenvalue weighted by molar-refractivity contribution is -0.157. The summed E-state index contributed by atoms with van der Waals surface area (Å²) in [6, 6.07) is 11.9. The molecule has 0 saturated carbocycles. The SMILES string of the molecule is Cc1ccc(C[C@@]2(CO)CN(C(=O)Cc3ccncc3)CCO2)cc1. The van der Waals surface area contributed by atoms with Gasteiger partial charge in [0.05, 0.1) is 26.2 Å². The van der Waals surface area contributed by atoms with Gasteiger partial charge in [0.15, 0.2) is 0 Å². The Morgan fingerprint density at radius 2 is 1.92 bits per heavy atom. The van der Waals surface area contributed by atoms with Gasteiger partial charge in [0.2, 0.25) is 5.91 Å². The Morgan fingerprint density at radius 3 is 2.60 bits per heavy atom. The van der Waals surface area contributed by atoms with Crippen molar-refractivity contribution < 1.29 is 14.6 Å². The predicted octanol–water partition coefficient (Wildman–Crippen LogP) is 1.77. The minimum atomic E-state index is -0.735. The van der Waals surface area contributed by atoms with E-state index in [4.69, 9.17) is 4.74 Å². The molecule has 1 aromatic carbocycles. The van der Waals surface area contributed by atoms with Gasteiger partial charge in [-0.25, -0.2) is 0 Å². The van der Waals surface area contributed by atoms with Gasteiger partial charge >= 0.3 is 0 Å². The fraction of sp³-hybridized carbons (Fsp3) is 0.400. The Morgan fingerprint density at radius 1 is 1.20 bits per heavy atom. The highest BCUT2D eigenvalue weighted by molar-refractivity contribution is 5.79. The summed E-state index contributed by atoms with van der Waals surface area (Å²) < 4.78 is 5.93. The second-order valence-corrected chi connectivity index (χ2v) is 6.70. The Labute approximate surface area is 148 Å². The number of hydrogen-bond acceptors (Lipinski definition) is 4. The number of hydrogen-bond donors (Lipinski definition) is 1. The molecule has 25 heavy (non-hydrogen) atoms. The standard InChI is InChI=1S/C20H24N2O3/c1-16-2-4-18(5-3-16)13-20(15-23)14-22(10-11-25-20)19(24)12-17-6-8-21-9-7-17/h2-9,23H,10-15H2,1H3/t20-/m0/s1. The summed E-state index contributed by atoms with van der Waals surface area (Å²) in [6.45, 7) is 3.33. The molecule has 5 heteroatoms. The molecule has 5 nitrogen and oxygen atoms in total. The Hall–Kier alpha value is -2.24. The van der Waals surface area contributed by atoms with Crippen molar-refractivity contribution >= 4 is 5.91 Å². The van der Waals surface area contributed by atoms with Gasteiger partial charge in [-0.15, -0.1) is 0 Å². The summed E-state index contributed by atoms with van der Waals surface area (Å²) in [7, 11) is 0. The molecule has 1 aliphatic rings. The molecule has 1 N–H and O–H groups in total. The van der Waals surface area contributed by atoms with Crippen LogP contribution in [0.2, 0.25) is 0 Å². The third-order valence-electron chi connectivity index (χ3n) is 4.64. The van der Waals surface area contributed by atoms with E-state index in [1.54, 1.807) is 17.3 Å². The van der Waals surface area contributed by atoms with Crippen LogP contribution in [0, 0.1) is 6.92 Å². The number of morpholine rings is 1. The molecule has 1 saturated heterocycles. The second-order valence-electron chi connectivity index (χ2n) is 6.70. The van der Waals surface area contributed by atoms with E-state index in [0.29, 0.717) is 32.5 Å². The largest absolute Gasteiger partial charge is 0.393 e. The van der Waals surface area contributed by atoms with Gasteiger partial charge in [-0.05, 0) is 30.2 Å². The number of benzene rings is 1. The quantitative estimate of drug-likeness (QED) is 0.901. The van der Waals surface area contributed by atoms with E-state index in [-0.39, 0.29) is 12.5 Å². The minimum absolute atomic E-state index is 0.0521. The average Bonchev–Trinajstić information content (AvgIpc) is 2.65. The molecule has 2 heterocycles. The number of aliphatic hydroxyl groups is 1. The maximum absolute atomic E-state index is 12.6. The lowest BCUT2D eigenvalue weighted by Crippen LogP contribution is -2.57. The van der Waals surface area contributed by atoms with Crippen molar-refractivity contribution in [3.8, 4) is 0 Å². The molecule has 132 valence electrons. The van der Waals surface area contributed by atoms with E-state index in [1.165, 1.54) is 5.56 Å². The third-order valence-corrected chi connectivity index (χ3v) is 4.64. The van der Waals surface area contributed by atoms with Gasteiger partial charge in [0.1, 0.15) is 5.60 Å². The van der Waals surface area contributed by atoms with Crippen molar-refractivity contribution in [1.82, 2.24) is 9.88 Å². The number of carbonyl (C=O) groups is 1. The van der Waals surface area contributed by atoms with Crippen LogP contribution in [0.25, 0.3) is 0 Å². The first-order chi connectivity index (χ1) is 12.1. The molecule has 1 aromatic heterocycles. The molecule has 0 spiro atoms. The molecule has 0 aliphatic carbocycles. The maximum atomic E-state index is 12.6. The van der Waals surface area contributed by atoms with Crippen molar-refractivity contribution in [1.29, 1.82) is 0 Å². The first-order valence-corrected chi connectivity index (χ1v) is 8.57. The zero-order valence-corrected chi connectivity index (χ0v) is 14.5. The van der Waals surface area contributed by atoms with Crippen LogP contribution < -0.4 is 0 Å². The number of carbonyl (C=O) groups excluding carboxylic acids is 1. The topological polar surface area (TPSA) is 62.7 Å². The summed E-state index contributed by atoms with van der Waals surface area (Å²) >= 11 is 0. The number of ether oxygens (including phenoxy) is 1.